The van der Waals surface area contributed by atoms with E-state index in [1.165, 1.54) is 12.1 Å². The molecule has 18 heavy (non-hydrogen) atoms. The molecule has 0 spiro atoms. The number of hydrogen-bond donors (Lipinski definition) is 1. The fraction of sp³-hybridized carbons (Fsp3) is 0.273. The molecule has 1 unspecified atom stereocenters. The average Bonchev–Trinajstić information content (AvgIpc) is 2.61. The molecule has 2 aromatic rings. The monoisotopic (exact) mass is 376 g/mol. The average molecular weight is 378 g/mol. The molecule has 0 saturated heterocycles. The predicted molar refractivity (Wildman–Crippen MR) is 73.7 cm³/mol. The van der Waals surface area contributed by atoms with Gasteiger partial charge in [0.2, 0.25) is 0 Å². The normalized spacial score (nSPS) is 12.7. The van der Waals surface area contributed by atoms with Crippen LogP contribution >= 0.6 is 31.9 Å². The Morgan fingerprint density at radius 1 is 1.33 bits per heavy atom. The van der Waals surface area contributed by atoms with Crippen molar-refractivity contribution in [3.8, 4) is 0 Å². The maximum atomic E-state index is 13.5. The molecule has 0 aliphatic carbocycles. The second kappa shape index (κ2) is 5.46. The summed E-state index contributed by atoms with van der Waals surface area (Å²) >= 11 is 6.65. The summed E-state index contributed by atoms with van der Waals surface area (Å²) in [5, 5.41) is 11.0. The number of nitrogens with one attached hydrogen (secondary N) is 1. The number of rotatable bonds is 3. The zero-order valence-corrected chi connectivity index (χ0v) is 13.0. The molecule has 1 aromatic carbocycles. The Balaban J connectivity index is 2.52. The lowest BCUT2D eigenvalue weighted by atomic mass is 10.0. The summed E-state index contributed by atoms with van der Waals surface area (Å²) in [7, 11) is 3.61. The van der Waals surface area contributed by atoms with E-state index in [1.807, 2.05) is 13.1 Å². The molecule has 0 aliphatic heterocycles. The van der Waals surface area contributed by atoms with Crippen molar-refractivity contribution in [2.24, 2.45) is 7.05 Å². The van der Waals surface area contributed by atoms with Crippen LogP contribution in [0.3, 0.4) is 0 Å². The van der Waals surface area contributed by atoms with Crippen molar-refractivity contribution in [2.75, 3.05) is 7.05 Å². The number of benzene rings is 1. The van der Waals surface area contributed by atoms with Gasteiger partial charge in [0.1, 0.15) is 5.82 Å². The fourth-order valence-corrected chi connectivity index (χ4v) is 2.89. The molecule has 2 rings (SSSR count). The summed E-state index contributed by atoms with van der Waals surface area (Å²) in [6.07, 6.45) is 0. The highest BCUT2D eigenvalue weighted by Gasteiger charge is 2.21. The standard InChI is InChI=1S/C11H11Br2FN4/c1-15-9(10-11(13)16-17-18(10)2)6-3-7(12)5-8(14)4-6/h3-5,9,15H,1-2H3. The van der Waals surface area contributed by atoms with Gasteiger partial charge in [0.15, 0.2) is 4.60 Å². The first-order valence-corrected chi connectivity index (χ1v) is 6.80. The second-order valence-corrected chi connectivity index (χ2v) is 5.48. The summed E-state index contributed by atoms with van der Waals surface area (Å²) in [5.41, 5.74) is 1.64. The molecule has 0 amide bonds. The van der Waals surface area contributed by atoms with Crippen molar-refractivity contribution in [3.63, 3.8) is 0 Å². The number of nitrogens with zero attached hydrogens (tertiary/aromatic N) is 3. The molecular weight excluding hydrogens is 367 g/mol. The van der Waals surface area contributed by atoms with Crippen molar-refractivity contribution < 1.29 is 4.39 Å². The van der Waals surface area contributed by atoms with E-state index in [0.717, 1.165) is 11.3 Å². The Hall–Kier alpha value is -0.790. The smallest absolute Gasteiger partial charge is 0.153 e. The van der Waals surface area contributed by atoms with E-state index in [4.69, 9.17) is 0 Å². The topological polar surface area (TPSA) is 42.7 Å². The molecule has 0 aliphatic rings. The molecule has 4 nitrogen and oxygen atoms in total. The molecule has 1 heterocycles. The van der Waals surface area contributed by atoms with E-state index in [2.05, 4.69) is 47.5 Å². The summed E-state index contributed by atoms with van der Waals surface area (Å²) in [6.45, 7) is 0. The summed E-state index contributed by atoms with van der Waals surface area (Å²) in [6, 6.07) is 4.59. The summed E-state index contributed by atoms with van der Waals surface area (Å²) in [4.78, 5) is 0. The van der Waals surface area contributed by atoms with Gasteiger partial charge in [0.25, 0.3) is 0 Å². The highest BCUT2D eigenvalue weighted by atomic mass is 79.9. The van der Waals surface area contributed by atoms with Gasteiger partial charge < -0.3 is 5.32 Å². The van der Waals surface area contributed by atoms with Crippen LogP contribution in [0.25, 0.3) is 0 Å². The Morgan fingerprint density at radius 3 is 2.56 bits per heavy atom. The van der Waals surface area contributed by atoms with Crippen LogP contribution in [-0.4, -0.2) is 22.0 Å². The second-order valence-electron chi connectivity index (χ2n) is 3.81. The zero-order valence-electron chi connectivity index (χ0n) is 9.78. The Labute approximate surface area is 121 Å². The number of halogens is 3. The third kappa shape index (κ3) is 2.62. The van der Waals surface area contributed by atoms with Crippen molar-refractivity contribution in [2.45, 2.75) is 6.04 Å². The molecule has 0 bridgehead atoms. The molecular formula is C11H11Br2FN4. The highest BCUT2D eigenvalue weighted by Crippen LogP contribution is 2.28. The van der Waals surface area contributed by atoms with Crippen molar-refractivity contribution in [1.29, 1.82) is 0 Å². The summed E-state index contributed by atoms with van der Waals surface area (Å²) < 4.78 is 16.5. The first-order valence-electron chi connectivity index (χ1n) is 5.21. The van der Waals surface area contributed by atoms with Gasteiger partial charge >= 0.3 is 0 Å². The van der Waals surface area contributed by atoms with E-state index in [9.17, 15) is 4.39 Å². The van der Waals surface area contributed by atoms with Crippen LogP contribution in [0.5, 0.6) is 0 Å². The van der Waals surface area contributed by atoms with Crippen molar-refractivity contribution in [3.05, 3.63) is 44.3 Å². The van der Waals surface area contributed by atoms with Crippen LogP contribution in [0, 0.1) is 5.82 Å². The molecule has 96 valence electrons. The van der Waals surface area contributed by atoms with Gasteiger partial charge in [-0.05, 0) is 46.7 Å². The van der Waals surface area contributed by atoms with Crippen LogP contribution in [0.2, 0.25) is 0 Å². The fourth-order valence-electron chi connectivity index (χ4n) is 1.85. The van der Waals surface area contributed by atoms with Gasteiger partial charge in [-0.1, -0.05) is 21.1 Å². The molecule has 0 saturated carbocycles. The molecule has 7 heteroatoms. The van der Waals surface area contributed by atoms with Crippen molar-refractivity contribution >= 4 is 31.9 Å². The van der Waals surface area contributed by atoms with Gasteiger partial charge in [0.05, 0.1) is 11.7 Å². The quantitative estimate of drug-likeness (QED) is 0.894. The van der Waals surface area contributed by atoms with E-state index in [1.54, 1.807) is 11.7 Å². The molecule has 1 aromatic heterocycles. The zero-order chi connectivity index (χ0) is 13.3. The summed E-state index contributed by atoms with van der Waals surface area (Å²) in [5.74, 6) is -0.286. The molecule has 0 fully saturated rings. The molecule has 0 radical (unpaired) electrons. The molecule has 1 atom stereocenters. The van der Waals surface area contributed by atoms with Crippen molar-refractivity contribution in [1.82, 2.24) is 20.3 Å². The minimum Gasteiger partial charge on any atom is -0.308 e. The maximum Gasteiger partial charge on any atom is 0.153 e. The number of hydrogen-bond acceptors (Lipinski definition) is 3. The maximum absolute atomic E-state index is 13.5. The van der Waals surface area contributed by atoms with Gasteiger partial charge in [-0.3, -0.25) is 0 Å². The first kappa shape index (κ1) is 13.6. The minimum absolute atomic E-state index is 0.189. The van der Waals surface area contributed by atoms with E-state index < -0.39 is 0 Å². The SMILES string of the molecule is CNC(c1cc(F)cc(Br)c1)c1c(Br)nnn1C. The minimum atomic E-state index is -0.286. The Kier molecular flexibility index (Phi) is 4.14. The largest absolute Gasteiger partial charge is 0.308 e. The third-order valence-electron chi connectivity index (χ3n) is 2.61. The van der Waals surface area contributed by atoms with Gasteiger partial charge in [-0.25, -0.2) is 9.07 Å². The Bertz CT molecular complexity index is 530. The third-order valence-corrected chi connectivity index (χ3v) is 3.63. The lowest BCUT2D eigenvalue weighted by Gasteiger charge is -2.17. The van der Waals surface area contributed by atoms with Crippen LogP contribution in [-0.2, 0) is 7.05 Å². The van der Waals surface area contributed by atoms with Crippen LogP contribution in [0.1, 0.15) is 17.3 Å². The predicted octanol–water partition coefficient (Wildman–Crippen LogP) is 2.79. The van der Waals surface area contributed by atoms with Gasteiger partial charge in [0, 0.05) is 11.5 Å². The highest BCUT2D eigenvalue weighted by molar-refractivity contribution is 9.10. The Morgan fingerprint density at radius 2 is 2.06 bits per heavy atom. The number of aromatic nitrogens is 3. The van der Waals surface area contributed by atoms with Crippen LogP contribution < -0.4 is 5.32 Å². The van der Waals surface area contributed by atoms with E-state index >= 15 is 0 Å². The van der Waals surface area contributed by atoms with Crippen LogP contribution in [0.4, 0.5) is 4.39 Å². The van der Waals surface area contributed by atoms with E-state index in [0.29, 0.717) is 9.08 Å². The van der Waals surface area contributed by atoms with Gasteiger partial charge in [-0.15, -0.1) is 5.10 Å². The first-order chi connectivity index (χ1) is 8.52. The van der Waals surface area contributed by atoms with Crippen LogP contribution in [0.15, 0.2) is 27.3 Å². The molecule has 1 N–H and O–H groups in total. The lowest BCUT2D eigenvalue weighted by Crippen LogP contribution is -2.21. The number of aryl methyl sites for hydroxylation is 1. The van der Waals surface area contributed by atoms with Gasteiger partial charge in [-0.2, -0.15) is 0 Å². The lowest BCUT2D eigenvalue weighted by molar-refractivity contribution is 0.585. The van der Waals surface area contributed by atoms with E-state index in [-0.39, 0.29) is 11.9 Å².